The van der Waals surface area contributed by atoms with Crippen LogP contribution in [-0.2, 0) is 11.3 Å². The van der Waals surface area contributed by atoms with E-state index in [0.29, 0.717) is 25.6 Å². The van der Waals surface area contributed by atoms with Gasteiger partial charge in [-0.15, -0.1) is 0 Å². The number of carbonyl (C=O) groups is 1. The Kier molecular flexibility index (Phi) is 4.91. The lowest BCUT2D eigenvalue weighted by Crippen LogP contribution is -2.41. The van der Waals surface area contributed by atoms with Gasteiger partial charge in [-0.25, -0.2) is 9.78 Å². The summed E-state index contributed by atoms with van der Waals surface area (Å²) in [7, 11) is 0. The summed E-state index contributed by atoms with van der Waals surface area (Å²) in [6, 6.07) is 4.12. The van der Waals surface area contributed by atoms with E-state index in [1.165, 1.54) is 0 Å². The molecule has 2 aliphatic rings. The Morgan fingerprint density at radius 2 is 1.91 bits per heavy atom. The Labute approximate surface area is 187 Å². The topological polar surface area (TPSA) is 82.6 Å². The first-order valence-electron chi connectivity index (χ1n) is 11.3. The molecular weight excluding hydrogens is 408 g/mol. The van der Waals surface area contributed by atoms with E-state index in [9.17, 15) is 4.79 Å². The number of hydrogen-bond donors (Lipinski definition) is 0. The summed E-state index contributed by atoms with van der Waals surface area (Å²) < 4.78 is 19.4. The van der Waals surface area contributed by atoms with E-state index in [0.717, 1.165) is 64.6 Å². The lowest BCUT2D eigenvalue weighted by Gasteiger charge is -2.33. The lowest BCUT2D eigenvalue weighted by molar-refractivity contribution is 0.0202. The molecule has 5 rings (SSSR count). The molecule has 1 fully saturated rings. The molecule has 2 aromatic heterocycles. The van der Waals surface area contributed by atoms with E-state index in [1.54, 1.807) is 0 Å². The number of hydrogen-bond acceptors (Lipinski definition) is 6. The van der Waals surface area contributed by atoms with Crippen LogP contribution in [0.15, 0.2) is 16.7 Å². The summed E-state index contributed by atoms with van der Waals surface area (Å²) in [6.45, 7) is 12.3. The molecule has 3 aromatic rings. The number of ether oxygens (including phenoxy) is 2. The highest BCUT2D eigenvalue weighted by atomic mass is 16.6. The molecule has 2 aliphatic heterocycles. The van der Waals surface area contributed by atoms with Crippen molar-refractivity contribution in [1.29, 1.82) is 0 Å². The summed E-state index contributed by atoms with van der Waals surface area (Å²) in [5, 5.41) is 4.12. The van der Waals surface area contributed by atoms with E-state index in [4.69, 9.17) is 19.0 Å². The molecule has 0 aliphatic carbocycles. The molecule has 0 spiro atoms. The third kappa shape index (κ3) is 3.51. The van der Waals surface area contributed by atoms with E-state index in [2.05, 4.69) is 21.9 Å². The minimum absolute atomic E-state index is 0.231. The minimum Gasteiger partial charge on any atom is -0.489 e. The molecule has 0 saturated carbocycles. The maximum Gasteiger partial charge on any atom is 0.410 e. The van der Waals surface area contributed by atoms with Crippen LogP contribution in [0.4, 0.5) is 4.79 Å². The molecule has 0 N–H and O–H groups in total. The van der Waals surface area contributed by atoms with Crippen LogP contribution in [-0.4, -0.2) is 51.0 Å². The number of carbonyl (C=O) groups excluding carboxylic acids is 1. The van der Waals surface area contributed by atoms with Gasteiger partial charge >= 0.3 is 6.09 Å². The Balaban J connectivity index is 1.45. The molecule has 1 aromatic carbocycles. The summed E-state index contributed by atoms with van der Waals surface area (Å²) in [5.41, 5.74) is 4.35. The molecule has 0 radical (unpaired) electrons. The first-order valence-corrected chi connectivity index (χ1v) is 11.3. The number of nitrogens with zero attached hydrogens (tertiary/aromatic N) is 4. The molecule has 1 saturated heterocycles. The average Bonchev–Trinajstić information content (AvgIpc) is 3.29. The fourth-order valence-electron chi connectivity index (χ4n) is 4.84. The number of amides is 1. The summed E-state index contributed by atoms with van der Waals surface area (Å²) in [4.78, 5) is 19.3. The van der Waals surface area contributed by atoms with Gasteiger partial charge in [-0.2, -0.15) is 0 Å². The standard InChI is InChI=1S/C24H30N4O4/c1-14-19(15(2)32-26-14)17-6-7-18-20-21(17)30-13-12-28(20)22(25-18)16-8-10-27(11-9-16)23(29)31-24(3,4)5/h6-7,16H,8-13H2,1-5H3. The number of aryl methyl sites for hydroxylation is 2. The molecule has 1 amide bonds. The van der Waals surface area contributed by atoms with Gasteiger partial charge in [0.2, 0.25) is 0 Å². The summed E-state index contributed by atoms with van der Waals surface area (Å²) in [5.74, 6) is 3.03. The van der Waals surface area contributed by atoms with Crippen LogP contribution < -0.4 is 4.74 Å². The first-order chi connectivity index (χ1) is 15.2. The van der Waals surface area contributed by atoms with Gasteiger partial charge in [0.15, 0.2) is 5.75 Å². The predicted molar refractivity (Wildman–Crippen MR) is 120 cm³/mol. The second kappa shape index (κ2) is 7.53. The quantitative estimate of drug-likeness (QED) is 0.571. The van der Waals surface area contributed by atoms with Gasteiger partial charge in [-0.05, 0) is 59.6 Å². The Bertz CT molecular complexity index is 1160. The smallest absolute Gasteiger partial charge is 0.410 e. The zero-order valence-electron chi connectivity index (χ0n) is 19.4. The highest BCUT2D eigenvalue weighted by Gasteiger charge is 2.32. The molecule has 8 heteroatoms. The van der Waals surface area contributed by atoms with Crippen molar-refractivity contribution < 1.29 is 18.8 Å². The number of aromatic nitrogens is 3. The van der Waals surface area contributed by atoms with E-state index in [-0.39, 0.29) is 6.09 Å². The molecule has 0 unspecified atom stereocenters. The zero-order chi connectivity index (χ0) is 22.6. The van der Waals surface area contributed by atoms with E-state index >= 15 is 0 Å². The van der Waals surface area contributed by atoms with Crippen molar-refractivity contribution in [1.82, 2.24) is 19.6 Å². The molecular formula is C24H30N4O4. The Hall–Kier alpha value is -3.03. The van der Waals surface area contributed by atoms with Gasteiger partial charge in [0.1, 0.15) is 29.3 Å². The van der Waals surface area contributed by atoms with Gasteiger partial charge in [-0.1, -0.05) is 5.16 Å². The first kappa shape index (κ1) is 20.8. The Morgan fingerprint density at radius 3 is 2.56 bits per heavy atom. The highest BCUT2D eigenvalue weighted by molar-refractivity contribution is 5.92. The number of likely N-dealkylation sites (tertiary alicyclic amines) is 1. The van der Waals surface area contributed by atoms with Crippen molar-refractivity contribution in [3.8, 4) is 16.9 Å². The van der Waals surface area contributed by atoms with Crippen LogP contribution in [0.2, 0.25) is 0 Å². The number of imidazole rings is 1. The van der Waals surface area contributed by atoms with E-state index in [1.807, 2.05) is 39.5 Å². The van der Waals surface area contributed by atoms with Gasteiger partial charge in [0.05, 0.1) is 23.3 Å². The van der Waals surface area contributed by atoms with Crippen molar-refractivity contribution in [2.45, 2.75) is 65.5 Å². The normalized spacial score (nSPS) is 17.0. The summed E-state index contributed by atoms with van der Waals surface area (Å²) in [6.07, 6.45) is 1.51. The van der Waals surface area contributed by atoms with E-state index < -0.39 is 5.60 Å². The lowest BCUT2D eigenvalue weighted by atomic mass is 9.96. The molecule has 0 atom stereocenters. The third-order valence-corrected chi connectivity index (χ3v) is 6.27. The fraction of sp³-hybridized carbons (Fsp3) is 0.542. The van der Waals surface area contributed by atoms with Crippen LogP contribution in [0.1, 0.15) is 56.8 Å². The van der Waals surface area contributed by atoms with Crippen LogP contribution in [0.25, 0.3) is 22.2 Å². The van der Waals surface area contributed by atoms with Crippen molar-refractivity contribution in [2.75, 3.05) is 19.7 Å². The highest BCUT2D eigenvalue weighted by Crippen LogP contribution is 2.43. The van der Waals surface area contributed by atoms with Crippen LogP contribution in [0.5, 0.6) is 5.75 Å². The number of benzene rings is 1. The summed E-state index contributed by atoms with van der Waals surface area (Å²) >= 11 is 0. The molecule has 0 bridgehead atoms. The van der Waals surface area contributed by atoms with Gasteiger partial charge in [0, 0.05) is 24.6 Å². The van der Waals surface area contributed by atoms with Crippen LogP contribution in [0, 0.1) is 13.8 Å². The van der Waals surface area contributed by atoms with Gasteiger partial charge in [0.25, 0.3) is 0 Å². The Morgan fingerprint density at radius 1 is 1.16 bits per heavy atom. The SMILES string of the molecule is Cc1noc(C)c1-c1ccc2nc(C3CCN(C(=O)OC(C)(C)C)CC3)n3c2c1OCC3. The number of rotatable bonds is 2. The van der Waals surface area contributed by atoms with Crippen LogP contribution in [0.3, 0.4) is 0 Å². The monoisotopic (exact) mass is 438 g/mol. The molecule has 32 heavy (non-hydrogen) atoms. The maximum absolute atomic E-state index is 12.4. The van der Waals surface area contributed by atoms with Crippen LogP contribution >= 0.6 is 0 Å². The molecule has 8 nitrogen and oxygen atoms in total. The average molecular weight is 439 g/mol. The second-order valence-electron chi connectivity index (χ2n) is 9.72. The molecule has 170 valence electrons. The minimum atomic E-state index is -0.478. The van der Waals surface area contributed by atoms with Crippen molar-refractivity contribution >= 4 is 17.1 Å². The van der Waals surface area contributed by atoms with Gasteiger partial charge < -0.3 is 23.5 Å². The maximum atomic E-state index is 12.4. The fourth-order valence-corrected chi connectivity index (χ4v) is 4.84. The van der Waals surface area contributed by atoms with Crippen molar-refractivity contribution in [2.24, 2.45) is 0 Å². The largest absolute Gasteiger partial charge is 0.489 e. The van der Waals surface area contributed by atoms with Crippen molar-refractivity contribution in [3.63, 3.8) is 0 Å². The molecule has 4 heterocycles. The zero-order valence-corrected chi connectivity index (χ0v) is 19.4. The third-order valence-electron chi connectivity index (χ3n) is 6.27. The predicted octanol–water partition coefficient (Wildman–Crippen LogP) is 4.82. The van der Waals surface area contributed by atoms with Gasteiger partial charge in [-0.3, -0.25) is 0 Å². The van der Waals surface area contributed by atoms with Crippen molar-refractivity contribution in [3.05, 3.63) is 29.4 Å². The number of piperidine rings is 1. The second-order valence-corrected chi connectivity index (χ2v) is 9.72.